The van der Waals surface area contributed by atoms with Crippen LogP contribution in [0.15, 0.2) is 42.6 Å². The summed E-state index contributed by atoms with van der Waals surface area (Å²) in [5.74, 6) is -0.221. The highest BCUT2D eigenvalue weighted by atomic mass is 35.5. The Hall–Kier alpha value is -2.48. The second kappa shape index (κ2) is 9.34. The fourth-order valence-electron chi connectivity index (χ4n) is 3.66. The number of carbonyl (C=O) groups excluding carboxylic acids is 1. The highest BCUT2D eigenvalue weighted by Gasteiger charge is 2.26. The lowest BCUT2D eigenvalue weighted by Crippen LogP contribution is -2.45. The molecule has 0 saturated carbocycles. The third-order valence-electron chi connectivity index (χ3n) is 5.08. The van der Waals surface area contributed by atoms with Crippen LogP contribution >= 0.6 is 22.9 Å². The van der Waals surface area contributed by atoms with Crippen LogP contribution in [0.4, 0.5) is 5.13 Å². The van der Waals surface area contributed by atoms with Crippen molar-refractivity contribution in [2.24, 2.45) is 0 Å². The number of nitrogens with one attached hydrogen (secondary N) is 1. The Morgan fingerprint density at radius 3 is 2.65 bits per heavy atom. The molecule has 3 aromatic rings. The van der Waals surface area contributed by atoms with E-state index in [-0.39, 0.29) is 18.1 Å². The third kappa shape index (κ3) is 5.06. The molecule has 0 bridgehead atoms. The van der Waals surface area contributed by atoms with Crippen molar-refractivity contribution < 1.29 is 9.53 Å². The molecule has 1 N–H and O–H groups in total. The molecule has 1 amide bonds. The zero-order valence-corrected chi connectivity index (χ0v) is 19.3. The fourth-order valence-corrected chi connectivity index (χ4v) is 4.97. The van der Waals surface area contributed by atoms with Crippen LogP contribution in [0.2, 0.25) is 5.02 Å². The van der Waals surface area contributed by atoms with E-state index in [4.69, 9.17) is 21.3 Å². The van der Waals surface area contributed by atoms with Gasteiger partial charge >= 0.3 is 0 Å². The fraction of sp³-hybridized carbons (Fsp3) is 0.348. The van der Waals surface area contributed by atoms with Crippen molar-refractivity contribution in [3.8, 4) is 10.4 Å². The molecule has 4 rings (SSSR count). The summed E-state index contributed by atoms with van der Waals surface area (Å²) in [5, 5.41) is 4.33. The number of amides is 1. The van der Waals surface area contributed by atoms with Gasteiger partial charge in [-0.1, -0.05) is 41.1 Å². The summed E-state index contributed by atoms with van der Waals surface area (Å²) < 4.78 is 5.87. The van der Waals surface area contributed by atoms with Crippen LogP contribution in [0.25, 0.3) is 10.4 Å². The maximum absolute atomic E-state index is 12.7. The van der Waals surface area contributed by atoms with Crippen LogP contribution in [-0.2, 0) is 11.3 Å². The van der Waals surface area contributed by atoms with Gasteiger partial charge in [0.1, 0.15) is 0 Å². The molecular weight excluding hydrogens is 432 g/mol. The van der Waals surface area contributed by atoms with Crippen molar-refractivity contribution in [2.45, 2.75) is 39.5 Å². The molecule has 3 heterocycles. The first-order valence-electron chi connectivity index (χ1n) is 10.3. The zero-order valence-electron chi connectivity index (χ0n) is 17.8. The molecule has 0 spiro atoms. The maximum Gasteiger partial charge on any atom is 0.253 e. The van der Waals surface area contributed by atoms with E-state index in [0.29, 0.717) is 17.1 Å². The zero-order chi connectivity index (χ0) is 22.0. The number of aryl methyl sites for hydroxylation is 1. The maximum atomic E-state index is 12.7. The topological polar surface area (TPSA) is 67.3 Å². The van der Waals surface area contributed by atoms with Crippen LogP contribution in [0, 0.1) is 6.92 Å². The Balaban J connectivity index is 1.61. The molecule has 0 radical (unpaired) electrons. The van der Waals surface area contributed by atoms with E-state index in [1.807, 2.05) is 25.3 Å². The molecule has 0 unspecified atom stereocenters. The predicted molar refractivity (Wildman–Crippen MR) is 125 cm³/mol. The lowest BCUT2D eigenvalue weighted by molar-refractivity contribution is -0.00523. The number of carbonyl (C=O) groups is 1. The monoisotopic (exact) mass is 456 g/mol. The van der Waals surface area contributed by atoms with Gasteiger partial charge in [-0.15, -0.1) is 0 Å². The minimum Gasteiger partial charge on any atom is -0.372 e. The van der Waals surface area contributed by atoms with Crippen molar-refractivity contribution in [3.63, 3.8) is 0 Å². The van der Waals surface area contributed by atoms with Gasteiger partial charge in [-0.25, -0.2) is 4.98 Å². The number of nitrogens with zero attached hydrogens (tertiary/aromatic N) is 3. The van der Waals surface area contributed by atoms with E-state index in [2.05, 4.69) is 29.0 Å². The Labute approximate surface area is 191 Å². The largest absolute Gasteiger partial charge is 0.372 e. The van der Waals surface area contributed by atoms with E-state index >= 15 is 0 Å². The SMILES string of the molecule is Cc1ccc(-c2sc(N3C[C@@H](C)O[C@@H](C)C3)nc2CNC(=O)c2ccccc2Cl)cn1. The van der Waals surface area contributed by atoms with Crippen molar-refractivity contribution >= 4 is 34.0 Å². The molecule has 8 heteroatoms. The van der Waals surface area contributed by atoms with Crippen LogP contribution in [0.3, 0.4) is 0 Å². The summed E-state index contributed by atoms with van der Waals surface area (Å²) in [6, 6.07) is 11.1. The molecule has 1 aliphatic rings. The quantitative estimate of drug-likeness (QED) is 0.602. The number of benzene rings is 1. The molecule has 6 nitrogen and oxygen atoms in total. The lowest BCUT2D eigenvalue weighted by atomic mass is 10.2. The normalized spacial score (nSPS) is 18.8. The first-order valence-corrected chi connectivity index (χ1v) is 11.5. The highest BCUT2D eigenvalue weighted by molar-refractivity contribution is 7.19. The number of rotatable bonds is 5. The average molecular weight is 457 g/mol. The van der Waals surface area contributed by atoms with E-state index in [9.17, 15) is 4.79 Å². The Bertz CT molecular complexity index is 1060. The Kier molecular flexibility index (Phi) is 6.55. The van der Waals surface area contributed by atoms with Crippen LogP contribution in [-0.4, -0.2) is 41.2 Å². The summed E-state index contributed by atoms with van der Waals surface area (Å²) in [5.41, 5.74) is 3.22. The van der Waals surface area contributed by atoms with Crippen molar-refractivity contribution in [1.29, 1.82) is 0 Å². The molecule has 1 aromatic carbocycles. The predicted octanol–water partition coefficient (Wildman–Crippen LogP) is 4.71. The third-order valence-corrected chi connectivity index (χ3v) is 6.62. The van der Waals surface area contributed by atoms with E-state index < -0.39 is 0 Å². The van der Waals surface area contributed by atoms with Crippen molar-refractivity contribution in [2.75, 3.05) is 18.0 Å². The summed E-state index contributed by atoms with van der Waals surface area (Å²) in [6.45, 7) is 7.99. The first-order chi connectivity index (χ1) is 14.9. The second-order valence-corrected chi connectivity index (χ2v) is 9.17. The number of anilines is 1. The number of halogens is 1. The highest BCUT2D eigenvalue weighted by Crippen LogP contribution is 2.36. The van der Waals surface area contributed by atoms with Crippen LogP contribution in [0.5, 0.6) is 0 Å². The molecule has 0 aliphatic carbocycles. The van der Waals surface area contributed by atoms with Crippen LogP contribution < -0.4 is 10.2 Å². The molecular formula is C23H25ClN4O2S. The average Bonchev–Trinajstić information content (AvgIpc) is 3.16. The standard InChI is InChI=1S/C23H25ClN4O2S/c1-14-8-9-17(10-25-14)21-20(11-26-22(29)18-6-4-5-7-19(18)24)27-23(31-21)28-12-15(2)30-16(3)13-28/h4-10,15-16H,11-13H2,1-3H3,(H,26,29)/t15-,16+. The number of hydrogen-bond acceptors (Lipinski definition) is 6. The van der Waals surface area contributed by atoms with Gasteiger partial charge in [0, 0.05) is 30.5 Å². The van der Waals surface area contributed by atoms with Gasteiger partial charge in [0.2, 0.25) is 0 Å². The lowest BCUT2D eigenvalue weighted by Gasteiger charge is -2.35. The molecule has 1 fully saturated rings. The van der Waals surface area contributed by atoms with Gasteiger partial charge in [0.15, 0.2) is 5.13 Å². The van der Waals surface area contributed by atoms with E-state index in [1.54, 1.807) is 35.6 Å². The second-order valence-electron chi connectivity index (χ2n) is 7.79. The molecule has 162 valence electrons. The smallest absolute Gasteiger partial charge is 0.253 e. The van der Waals surface area contributed by atoms with Crippen molar-refractivity contribution in [3.05, 3.63) is 64.6 Å². The minimum atomic E-state index is -0.221. The van der Waals surface area contributed by atoms with Gasteiger partial charge in [0.05, 0.1) is 39.9 Å². The van der Waals surface area contributed by atoms with Crippen molar-refractivity contribution in [1.82, 2.24) is 15.3 Å². The number of aromatic nitrogens is 2. The molecule has 1 saturated heterocycles. The Morgan fingerprint density at radius 2 is 1.97 bits per heavy atom. The number of pyridine rings is 1. The molecule has 2 aromatic heterocycles. The molecule has 1 aliphatic heterocycles. The van der Waals surface area contributed by atoms with Gasteiger partial charge in [-0.2, -0.15) is 0 Å². The van der Waals surface area contributed by atoms with E-state index in [1.165, 1.54) is 0 Å². The van der Waals surface area contributed by atoms with Gasteiger partial charge in [-0.05, 0) is 39.0 Å². The summed E-state index contributed by atoms with van der Waals surface area (Å²) in [4.78, 5) is 25.3. The summed E-state index contributed by atoms with van der Waals surface area (Å²) >= 11 is 7.80. The van der Waals surface area contributed by atoms with Crippen LogP contribution in [0.1, 0.15) is 35.6 Å². The summed E-state index contributed by atoms with van der Waals surface area (Å²) in [6.07, 6.45) is 2.14. The molecule has 2 atom stereocenters. The van der Waals surface area contributed by atoms with Gasteiger partial charge < -0.3 is 15.0 Å². The Morgan fingerprint density at radius 1 is 1.23 bits per heavy atom. The first kappa shape index (κ1) is 21.7. The minimum absolute atomic E-state index is 0.139. The van der Waals surface area contributed by atoms with Gasteiger partial charge in [-0.3, -0.25) is 9.78 Å². The van der Waals surface area contributed by atoms with Gasteiger partial charge in [0.25, 0.3) is 5.91 Å². The molecule has 31 heavy (non-hydrogen) atoms. The summed E-state index contributed by atoms with van der Waals surface area (Å²) in [7, 11) is 0. The van der Waals surface area contributed by atoms with E-state index in [0.717, 1.165) is 40.0 Å². The number of hydrogen-bond donors (Lipinski definition) is 1. The number of thiazole rings is 1. The number of morpholine rings is 1. The number of ether oxygens (including phenoxy) is 1.